The zero-order chi connectivity index (χ0) is 10.1. The molecule has 0 atom stereocenters. The van der Waals surface area contributed by atoms with Gasteiger partial charge in [-0.25, -0.2) is 4.39 Å². The first-order chi connectivity index (χ1) is 6.26. The number of benzene rings is 1. The fourth-order valence-electron chi connectivity index (χ4n) is 0.776. The van der Waals surface area contributed by atoms with Crippen LogP contribution in [0.25, 0.3) is 5.76 Å². The second kappa shape index (κ2) is 7.10. The molecule has 0 saturated carbocycles. The number of hydrogen-bond acceptors (Lipinski definition) is 1. The fraction of sp³-hybridized carbons (Fsp3) is 0.0909. The standard InChI is InChI=1S/C9H10O.C2H3F/c1-2-9(10)8-6-4-3-5-7-8;1-2-3/h2-7,10H,1H3;2H,1H2/b9-2+;. The second-order valence-corrected chi connectivity index (χ2v) is 2.19. The van der Waals surface area contributed by atoms with E-state index in [9.17, 15) is 9.50 Å². The lowest BCUT2D eigenvalue weighted by atomic mass is 10.2. The normalized spacial score (nSPS) is 9.85. The van der Waals surface area contributed by atoms with E-state index in [4.69, 9.17) is 0 Å². The number of halogens is 1. The van der Waals surface area contributed by atoms with Gasteiger partial charge in [0.05, 0.1) is 6.33 Å². The summed E-state index contributed by atoms with van der Waals surface area (Å²) in [6.07, 6.45) is 1.93. The van der Waals surface area contributed by atoms with Gasteiger partial charge in [0, 0.05) is 5.56 Å². The van der Waals surface area contributed by atoms with Crippen LogP contribution in [0.15, 0.2) is 49.3 Å². The minimum Gasteiger partial charge on any atom is -0.508 e. The molecular formula is C11H13FO. The van der Waals surface area contributed by atoms with Gasteiger partial charge >= 0.3 is 0 Å². The summed E-state index contributed by atoms with van der Waals surface area (Å²) in [5.74, 6) is 0.334. The smallest absolute Gasteiger partial charge is 0.118 e. The lowest BCUT2D eigenvalue weighted by molar-refractivity contribution is 0.511. The zero-order valence-corrected chi connectivity index (χ0v) is 7.57. The lowest BCUT2D eigenvalue weighted by Gasteiger charge is -1.95. The van der Waals surface area contributed by atoms with E-state index in [0.29, 0.717) is 5.76 Å². The number of hydrogen-bond donors (Lipinski definition) is 1. The first-order valence-electron chi connectivity index (χ1n) is 3.88. The highest BCUT2D eigenvalue weighted by Gasteiger charge is 1.91. The molecule has 0 saturated heterocycles. The lowest BCUT2D eigenvalue weighted by Crippen LogP contribution is -1.78. The molecule has 0 aliphatic heterocycles. The number of aliphatic hydroxyl groups is 1. The van der Waals surface area contributed by atoms with Crippen molar-refractivity contribution in [2.75, 3.05) is 0 Å². The Kier molecular flexibility index (Phi) is 6.24. The average molecular weight is 180 g/mol. The van der Waals surface area contributed by atoms with Gasteiger partial charge in [0.2, 0.25) is 0 Å². The summed E-state index contributed by atoms with van der Waals surface area (Å²) in [5.41, 5.74) is 0.866. The quantitative estimate of drug-likeness (QED) is 0.653. The van der Waals surface area contributed by atoms with Gasteiger partial charge in [-0.1, -0.05) is 36.9 Å². The van der Waals surface area contributed by atoms with E-state index in [1.54, 1.807) is 6.08 Å². The highest BCUT2D eigenvalue weighted by molar-refractivity contribution is 5.57. The number of allylic oxidation sites excluding steroid dienone is 1. The van der Waals surface area contributed by atoms with Gasteiger partial charge in [-0.2, -0.15) is 0 Å². The summed E-state index contributed by atoms with van der Waals surface area (Å²) in [7, 11) is 0. The number of rotatable bonds is 1. The third-order valence-electron chi connectivity index (χ3n) is 1.34. The SMILES string of the molecule is C/C=C(/O)c1ccccc1.C=CF. The molecule has 1 aromatic rings. The van der Waals surface area contributed by atoms with Crippen LogP contribution in [0.3, 0.4) is 0 Å². The van der Waals surface area contributed by atoms with Crippen LogP contribution in [-0.2, 0) is 0 Å². The van der Waals surface area contributed by atoms with Gasteiger partial charge in [0.25, 0.3) is 0 Å². The van der Waals surface area contributed by atoms with Gasteiger partial charge in [-0.15, -0.1) is 0 Å². The topological polar surface area (TPSA) is 20.2 Å². The van der Waals surface area contributed by atoms with Gasteiger partial charge in [-0.3, -0.25) is 0 Å². The molecule has 0 aliphatic rings. The fourth-order valence-corrected chi connectivity index (χ4v) is 0.776. The molecule has 1 nitrogen and oxygen atoms in total. The molecule has 0 aliphatic carbocycles. The molecule has 1 rings (SSSR count). The molecule has 0 bridgehead atoms. The van der Waals surface area contributed by atoms with Crippen LogP contribution in [0.2, 0.25) is 0 Å². The molecule has 0 amide bonds. The van der Waals surface area contributed by atoms with Crippen molar-refractivity contribution in [3.05, 3.63) is 54.9 Å². The Labute approximate surface area is 77.8 Å². The molecule has 1 N–H and O–H groups in total. The van der Waals surface area contributed by atoms with Crippen molar-refractivity contribution in [2.45, 2.75) is 6.92 Å². The molecule has 0 radical (unpaired) electrons. The largest absolute Gasteiger partial charge is 0.508 e. The van der Waals surface area contributed by atoms with Crippen molar-refractivity contribution < 1.29 is 9.50 Å². The van der Waals surface area contributed by atoms with E-state index in [1.807, 2.05) is 37.3 Å². The minimum absolute atomic E-state index is 0.250. The minimum atomic E-state index is 0.250. The molecule has 70 valence electrons. The van der Waals surface area contributed by atoms with Crippen molar-refractivity contribution in [1.82, 2.24) is 0 Å². The molecule has 0 heterocycles. The maximum absolute atomic E-state index is 10.1. The highest BCUT2D eigenvalue weighted by atomic mass is 19.1. The number of aliphatic hydroxyl groups excluding tert-OH is 1. The van der Waals surface area contributed by atoms with Crippen LogP contribution in [0.5, 0.6) is 0 Å². The Balaban J connectivity index is 0.000000424. The van der Waals surface area contributed by atoms with E-state index in [2.05, 4.69) is 6.58 Å². The van der Waals surface area contributed by atoms with Crippen molar-refractivity contribution in [2.24, 2.45) is 0 Å². The van der Waals surface area contributed by atoms with E-state index in [-0.39, 0.29) is 6.33 Å². The van der Waals surface area contributed by atoms with Crippen molar-refractivity contribution in [3.8, 4) is 0 Å². The molecule has 13 heavy (non-hydrogen) atoms. The molecule has 1 aromatic carbocycles. The van der Waals surface area contributed by atoms with Crippen molar-refractivity contribution in [1.29, 1.82) is 0 Å². The molecule has 0 aromatic heterocycles. The van der Waals surface area contributed by atoms with E-state index in [0.717, 1.165) is 5.56 Å². The van der Waals surface area contributed by atoms with Crippen LogP contribution in [-0.4, -0.2) is 5.11 Å². The van der Waals surface area contributed by atoms with Crippen LogP contribution in [0, 0.1) is 0 Å². The van der Waals surface area contributed by atoms with Crippen molar-refractivity contribution in [3.63, 3.8) is 0 Å². The molecule has 0 unspecified atom stereocenters. The summed E-state index contributed by atoms with van der Waals surface area (Å²) >= 11 is 0. The van der Waals surface area contributed by atoms with E-state index >= 15 is 0 Å². The van der Waals surface area contributed by atoms with Gasteiger partial charge in [0.1, 0.15) is 5.76 Å². The molecule has 2 heteroatoms. The zero-order valence-electron chi connectivity index (χ0n) is 7.57. The maximum atomic E-state index is 10.1. The summed E-state index contributed by atoms with van der Waals surface area (Å²) in [6, 6.07) is 9.46. The molecule has 0 fully saturated rings. The summed E-state index contributed by atoms with van der Waals surface area (Å²) in [4.78, 5) is 0. The molecular weight excluding hydrogens is 167 g/mol. The van der Waals surface area contributed by atoms with Crippen LogP contribution in [0.1, 0.15) is 12.5 Å². The Morgan fingerprint density at radius 3 is 2.23 bits per heavy atom. The Morgan fingerprint density at radius 2 is 1.85 bits per heavy atom. The van der Waals surface area contributed by atoms with Crippen LogP contribution in [0.4, 0.5) is 4.39 Å². The Morgan fingerprint density at radius 1 is 1.38 bits per heavy atom. The first-order valence-corrected chi connectivity index (χ1v) is 3.88. The van der Waals surface area contributed by atoms with E-state index < -0.39 is 0 Å². The van der Waals surface area contributed by atoms with Crippen LogP contribution >= 0.6 is 0 Å². The predicted octanol–water partition coefficient (Wildman–Crippen LogP) is 3.70. The maximum Gasteiger partial charge on any atom is 0.118 e. The monoisotopic (exact) mass is 180 g/mol. The Bertz CT molecular complexity index is 265. The third-order valence-corrected chi connectivity index (χ3v) is 1.34. The van der Waals surface area contributed by atoms with Gasteiger partial charge in [0.15, 0.2) is 0 Å². The summed E-state index contributed by atoms with van der Waals surface area (Å²) in [6.45, 7) is 4.50. The Hall–Kier alpha value is -1.57. The third kappa shape index (κ3) is 4.80. The highest BCUT2D eigenvalue weighted by Crippen LogP contribution is 2.08. The average Bonchev–Trinajstić information content (AvgIpc) is 2.19. The predicted molar refractivity (Wildman–Crippen MR) is 54.0 cm³/mol. The second-order valence-electron chi connectivity index (χ2n) is 2.19. The summed E-state index contributed by atoms with van der Waals surface area (Å²) < 4.78 is 10.1. The van der Waals surface area contributed by atoms with Crippen molar-refractivity contribution >= 4 is 5.76 Å². The summed E-state index contributed by atoms with van der Waals surface area (Å²) in [5, 5.41) is 9.19. The van der Waals surface area contributed by atoms with Gasteiger partial charge in [-0.05, 0) is 13.0 Å². The van der Waals surface area contributed by atoms with E-state index in [1.165, 1.54) is 0 Å². The van der Waals surface area contributed by atoms with Crippen LogP contribution < -0.4 is 0 Å². The van der Waals surface area contributed by atoms with Gasteiger partial charge < -0.3 is 5.11 Å². The molecule has 0 spiro atoms. The first kappa shape index (κ1) is 11.4.